The van der Waals surface area contributed by atoms with E-state index < -0.39 is 0 Å². The standard InChI is InChI=1S/C11H12BrClO/c12-7-11(14-8-5-6-8)9-3-1-2-4-10(9)13/h1-4,8,11H,5-7H2. The maximum atomic E-state index is 6.10. The quantitative estimate of drug-likeness (QED) is 0.756. The predicted molar refractivity (Wildman–Crippen MR) is 62.1 cm³/mol. The second-order valence-corrected chi connectivity index (χ2v) is 4.55. The van der Waals surface area contributed by atoms with Gasteiger partial charge >= 0.3 is 0 Å². The Morgan fingerprint density at radius 1 is 1.43 bits per heavy atom. The van der Waals surface area contributed by atoms with Crippen LogP contribution in [0.3, 0.4) is 0 Å². The van der Waals surface area contributed by atoms with Crippen molar-refractivity contribution in [2.24, 2.45) is 0 Å². The lowest BCUT2D eigenvalue weighted by Gasteiger charge is -2.16. The largest absolute Gasteiger partial charge is 0.369 e. The van der Waals surface area contributed by atoms with Crippen LogP contribution in [0.2, 0.25) is 5.02 Å². The monoisotopic (exact) mass is 274 g/mol. The van der Waals surface area contributed by atoms with Crippen LogP contribution < -0.4 is 0 Å². The summed E-state index contributed by atoms with van der Waals surface area (Å²) in [5, 5.41) is 1.59. The lowest BCUT2D eigenvalue weighted by atomic mass is 10.1. The molecule has 0 amide bonds. The van der Waals surface area contributed by atoms with Crippen molar-refractivity contribution in [3.05, 3.63) is 34.9 Å². The van der Waals surface area contributed by atoms with Crippen molar-refractivity contribution in [1.82, 2.24) is 0 Å². The van der Waals surface area contributed by atoms with E-state index in [1.807, 2.05) is 24.3 Å². The molecule has 0 aromatic heterocycles. The van der Waals surface area contributed by atoms with Crippen molar-refractivity contribution in [3.8, 4) is 0 Å². The zero-order chi connectivity index (χ0) is 9.97. The van der Waals surface area contributed by atoms with Gasteiger partial charge in [0.05, 0.1) is 12.2 Å². The molecule has 1 fully saturated rings. The maximum Gasteiger partial charge on any atom is 0.0939 e. The van der Waals surface area contributed by atoms with E-state index in [9.17, 15) is 0 Å². The van der Waals surface area contributed by atoms with Gasteiger partial charge in [0, 0.05) is 15.9 Å². The third-order valence-corrected chi connectivity index (χ3v) is 3.21. The summed E-state index contributed by atoms with van der Waals surface area (Å²) >= 11 is 9.56. The average molecular weight is 276 g/mol. The van der Waals surface area contributed by atoms with Crippen LogP contribution in [0.5, 0.6) is 0 Å². The topological polar surface area (TPSA) is 9.23 Å². The van der Waals surface area contributed by atoms with Crippen molar-refractivity contribution in [2.75, 3.05) is 5.33 Å². The molecule has 14 heavy (non-hydrogen) atoms. The van der Waals surface area contributed by atoms with Crippen molar-refractivity contribution in [1.29, 1.82) is 0 Å². The Kier molecular flexibility index (Phi) is 3.47. The number of hydrogen-bond donors (Lipinski definition) is 0. The van der Waals surface area contributed by atoms with Gasteiger partial charge in [-0.05, 0) is 18.9 Å². The Morgan fingerprint density at radius 3 is 2.71 bits per heavy atom. The molecule has 0 heterocycles. The molecule has 0 saturated heterocycles. The van der Waals surface area contributed by atoms with E-state index in [1.165, 1.54) is 12.8 Å². The fraction of sp³-hybridized carbons (Fsp3) is 0.455. The SMILES string of the molecule is Clc1ccccc1C(CBr)OC1CC1. The summed E-state index contributed by atoms with van der Waals surface area (Å²) in [7, 11) is 0. The van der Waals surface area contributed by atoms with E-state index >= 15 is 0 Å². The number of hydrogen-bond acceptors (Lipinski definition) is 1. The summed E-state index contributed by atoms with van der Waals surface area (Å²) in [4.78, 5) is 0. The summed E-state index contributed by atoms with van der Waals surface area (Å²) in [5.41, 5.74) is 1.08. The molecule has 0 radical (unpaired) electrons. The second kappa shape index (κ2) is 4.65. The van der Waals surface area contributed by atoms with E-state index in [0.717, 1.165) is 15.9 Å². The fourth-order valence-electron chi connectivity index (χ4n) is 1.37. The van der Waals surface area contributed by atoms with E-state index in [0.29, 0.717) is 6.10 Å². The van der Waals surface area contributed by atoms with Gasteiger partial charge in [-0.3, -0.25) is 0 Å². The first kappa shape index (κ1) is 10.5. The van der Waals surface area contributed by atoms with Crippen LogP contribution in [-0.2, 0) is 4.74 Å². The van der Waals surface area contributed by atoms with Crippen molar-refractivity contribution in [3.63, 3.8) is 0 Å². The van der Waals surface area contributed by atoms with Gasteiger partial charge in [0.2, 0.25) is 0 Å². The molecule has 1 aliphatic carbocycles. The van der Waals surface area contributed by atoms with Crippen LogP contribution in [0.25, 0.3) is 0 Å². The minimum atomic E-state index is 0.0937. The van der Waals surface area contributed by atoms with Gasteiger partial charge in [-0.25, -0.2) is 0 Å². The molecule has 0 bridgehead atoms. The molecule has 0 N–H and O–H groups in total. The van der Waals surface area contributed by atoms with Crippen LogP contribution in [0.1, 0.15) is 24.5 Å². The van der Waals surface area contributed by atoms with Gasteiger partial charge in [0.1, 0.15) is 0 Å². The van der Waals surface area contributed by atoms with Crippen LogP contribution in [0.4, 0.5) is 0 Å². The Labute approximate surface area is 97.5 Å². The Hall–Kier alpha value is -0.0500. The molecule has 0 aliphatic heterocycles. The molecule has 1 saturated carbocycles. The van der Waals surface area contributed by atoms with Gasteiger partial charge in [-0.15, -0.1) is 0 Å². The highest BCUT2D eigenvalue weighted by atomic mass is 79.9. The van der Waals surface area contributed by atoms with Crippen molar-refractivity contribution in [2.45, 2.75) is 25.0 Å². The molecular formula is C11H12BrClO. The molecule has 1 aromatic rings. The Bertz CT molecular complexity index is 312. The van der Waals surface area contributed by atoms with Gasteiger partial charge in [-0.1, -0.05) is 45.7 Å². The number of benzene rings is 1. The Balaban J connectivity index is 2.12. The summed E-state index contributed by atoms with van der Waals surface area (Å²) in [6.45, 7) is 0. The number of halogens is 2. The smallest absolute Gasteiger partial charge is 0.0939 e. The zero-order valence-corrected chi connectivity index (χ0v) is 10.1. The molecule has 0 spiro atoms. The summed E-state index contributed by atoms with van der Waals surface area (Å²) in [6, 6.07) is 7.86. The van der Waals surface area contributed by atoms with Crippen molar-refractivity contribution >= 4 is 27.5 Å². The highest BCUT2D eigenvalue weighted by Crippen LogP contribution is 2.34. The molecule has 1 unspecified atom stereocenters. The van der Waals surface area contributed by atoms with Gasteiger partial charge in [0.25, 0.3) is 0 Å². The molecule has 1 aliphatic rings. The second-order valence-electron chi connectivity index (χ2n) is 3.50. The van der Waals surface area contributed by atoms with Gasteiger partial charge in [0.15, 0.2) is 0 Å². The molecule has 2 rings (SSSR count). The Morgan fingerprint density at radius 2 is 2.14 bits per heavy atom. The lowest BCUT2D eigenvalue weighted by molar-refractivity contribution is 0.0560. The van der Waals surface area contributed by atoms with Crippen LogP contribution >= 0.6 is 27.5 Å². The number of rotatable bonds is 4. The summed E-state index contributed by atoms with van der Waals surface area (Å²) in [6.07, 6.45) is 2.92. The van der Waals surface area contributed by atoms with E-state index in [1.54, 1.807) is 0 Å². The normalized spacial score (nSPS) is 18.1. The van der Waals surface area contributed by atoms with E-state index in [2.05, 4.69) is 15.9 Å². The molecular weight excluding hydrogens is 263 g/mol. The molecule has 1 atom stereocenters. The van der Waals surface area contributed by atoms with Crippen LogP contribution in [0.15, 0.2) is 24.3 Å². The predicted octanol–water partition coefficient (Wildman–Crippen LogP) is 3.96. The minimum absolute atomic E-state index is 0.0937. The first-order valence-electron chi connectivity index (χ1n) is 4.77. The highest BCUT2D eigenvalue weighted by molar-refractivity contribution is 9.09. The van der Waals surface area contributed by atoms with Gasteiger partial charge in [-0.2, -0.15) is 0 Å². The first-order chi connectivity index (χ1) is 6.81. The van der Waals surface area contributed by atoms with Gasteiger partial charge < -0.3 is 4.74 Å². The zero-order valence-electron chi connectivity index (χ0n) is 7.75. The lowest BCUT2D eigenvalue weighted by Crippen LogP contribution is -2.07. The van der Waals surface area contributed by atoms with Crippen LogP contribution in [0, 0.1) is 0 Å². The summed E-state index contributed by atoms with van der Waals surface area (Å²) in [5.74, 6) is 0. The number of alkyl halides is 1. The third kappa shape index (κ3) is 2.50. The van der Waals surface area contributed by atoms with E-state index in [-0.39, 0.29) is 6.10 Å². The molecule has 76 valence electrons. The van der Waals surface area contributed by atoms with Crippen molar-refractivity contribution < 1.29 is 4.74 Å². The maximum absolute atomic E-state index is 6.10. The summed E-state index contributed by atoms with van der Waals surface area (Å²) < 4.78 is 5.85. The fourth-order valence-corrected chi connectivity index (χ4v) is 2.12. The first-order valence-corrected chi connectivity index (χ1v) is 6.27. The molecule has 1 aromatic carbocycles. The van der Waals surface area contributed by atoms with Crippen LogP contribution in [-0.4, -0.2) is 11.4 Å². The minimum Gasteiger partial charge on any atom is -0.369 e. The van der Waals surface area contributed by atoms with E-state index in [4.69, 9.17) is 16.3 Å². The molecule has 1 nitrogen and oxygen atoms in total. The third-order valence-electron chi connectivity index (χ3n) is 2.27. The average Bonchev–Trinajstić information content (AvgIpc) is 2.99. The molecule has 3 heteroatoms. The number of ether oxygens (including phenoxy) is 1. The highest BCUT2D eigenvalue weighted by Gasteiger charge is 2.27.